The molecule has 2 rings (SSSR count). The van der Waals surface area contributed by atoms with E-state index in [-0.39, 0.29) is 5.91 Å². The second-order valence-corrected chi connectivity index (χ2v) is 5.02. The molecule has 0 aromatic heterocycles. The summed E-state index contributed by atoms with van der Waals surface area (Å²) in [5.41, 5.74) is 7.76. The Labute approximate surface area is 108 Å². The molecule has 0 aliphatic carbocycles. The lowest BCUT2D eigenvalue weighted by atomic mass is 10.1. The van der Waals surface area contributed by atoms with Crippen molar-refractivity contribution in [3.63, 3.8) is 0 Å². The van der Waals surface area contributed by atoms with Crippen LogP contribution in [0.3, 0.4) is 0 Å². The van der Waals surface area contributed by atoms with Gasteiger partial charge in [0.25, 0.3) is 0 Å². The molecule has 1 heterocycles. The fourth-order valence-electron chi connectivity index (χ4n) is 2.53. The molecule has 1 saturated heterocycles. The molecule has 4 nitrogen and oxygen atoms in total. The van der Waals surface area contributed by atoms with Gasteiger partial charge in [-0.2, -0.15) is 0 Å². The van der Waals surface area contributed by atoms with Gasteiger partial charge in [0, 0.05) is 37.8 Å². The highest BCUT2D eigenvalue weighted by atomic mass is 16.1. The van der Waals surface area contributed by atoms with E-state index < -0.39 is 0 Å². The number of hydrogen-bond donors (Lipinski definition) is 2. The first-order chi connectivity index (χ1) is 8.56. The van der Waals surface area contributed by atoms with Crippen molar-refractivity contribution < 1.29 is 4.79 Å². The van der Waals surface area contributed by atoms with Crippen molar-refractivity contribution in [3.8, 4) is 0 Å². The smallest absolute Gasteiger partial charge is 0.217 e. The average Bonchev–Trinajstić information content (AvgIpc) is 2.76. The molecular weight excluding hydrogens is 226 g/mol. The fourth-order valence-corrected chi connectivity index (χ4v) is 2.53. The predicted molar refractivity (Wildman–Crippen MR) is 73.1 cm³/mol. The second kappa shape index (κ2) is 5.40. The third kappa shape index (κ3) is 3.01. The number of rotatable bonds is 3. The Morgan fingerprint density at radius 2 is 2.11 bits per heavy atom. The van der Waals surface area contributed by atoms with E-state index in [1.54, 1.807) is 6.92 Å². The molecule has 1 aromatic carbocycles. The van der Waals surface area contributed by atoms with Gasteiger partial charge in [-0.1, -0.05) is 12.1 Å². The molecule has 0 saturated carbocycles. The third-order valence-corrected chi connectivity index (χ3v) is 3.59. The third-order valence-electron chi connectivity index (χ3n) is 3.59. The molecule has 1 aliphatic heterocycles. The molecule has 2 atom stereocenters. The topological polar surface area (TPSA) is 58.4 Å². The van der Waals surface area contributed by atoms with Crippen molar-refractivity contribution in [3.05, 3.63) is 29.8 Å². The highest BCUT2D eigenvalue weighted by Crippen LogP contribution is 2.25. The Morgan fingerprint density at radius 1 is 1.44 bits per heavy atom. The molecule has 18 heavy (non-hydrogen) atoms. The van der Waals surface area contributed by atoms with Crippen LogP contribution in [0.15, 0.2) is 24.3 Å². The molecule has 0 radical (unpaired) electrons. The summed E-state index contributed by atoms with van der Waals surface area (Å²) in [6, 6.07) is 8.68. The molecule has 4 heteroatoms. The van der Waals surface area contributed by atoms with Crippen molar-refractivity contribution >= 4 is 11.6 Å². The maximum atomic E-state index is 11.0. The lowest BCUT2D eigenvalue weighted by molar-refractivity contribution is -0.119. The van der Waals surface area contributed by atoms with Crippen LogP contribution in [0.2, 0.25) is 0 Å². The monoisotopic (exact) mass is 247 g/mol. The number of amides is 1. The van der Waals surface area contributed by atoms with Gasteiger partial charge in [0.05, 0.1) is 0 Å². The summed E-state index contributed by atoms with van der Waals surface area (Å²) in [6.45, 7) is 5.72. The van der Waals surface area contributed by atoms with Gasteiger partial charge in [-0.15, -0.1) is 0 Å². The van der Waals surface area contributed by atoms with Gasteiger partial charge < -0.3 is 11.1 Å². The average molecular weight is 247 g/mol. The summed E-state index contributed by atoms with van der Waals surface area (Å²) in [5.74, 6) is 0.0574. The van der Waals surface area contributed by atoms with Crippen molar-refractivity contribution in [1.29, 1.82) is 0 Å². The van der Waals surface area contributed by atoms with Crippen LogP contribution in [0.25, 0.3) is 0 Å². The molecule has 98 valence electrons. The highest BCUT2D eigenvalue weighted by molar-refractivity contribution is 5.73. The second-order valence-electron chi connectivity index (χ2n) is 5.02. The van der Waals surface area contributed by atoms with Gasteiger partial charge in [-0.3, -0.25) is 9.69 Å². The van der Waals surface area contributed by atoms with Crippen LogP contribution in [0.5, 0.6) is 0 Å². The molecule has 0 spiro atoms. The lowest BCUT2D eigenvalue weighted by Gasteiger charge is -2.24. The molecular formula is C14H21N3O. The minimum absolute atomic E-state index is 0.0574. The van der Waals surface area contributed by atoms with E-state index in [4.69, 9.17) is 5.73 Å². The molecule has 2 unspecified atom stereocenters. The van der Waals surface area contributed by atoms with Gasteiger partial charge in [0.15, 0.2) is 0 Å². The zero-order valence-corrected chi connectivity index (χ0v) is 11.0. The van der Waals surface area contributed by atoms with Gasteiger partial charge in [-0.05, 0) is 31.0 Å². The number of nitrogens with zero attached hydrogens (tertiary/aromatic N) is 1. The number of nitrogens with one attached hydrogen (secondary N) is 1. The number of nitrogen functional groups attached to an aromatic ring is 1. The number of carbonyl (C=O) groups excluding carboxylic acids is 1. The van der Waals surface area contributed by atoms with E-state index in [9.17, 15) is 4.79 Å². The summed E-state index contributed by atoms with van der Waals surface area (Å²) in [4.78, 5) is 13.4. The van der Waals surface area contributed by atoms with Crippen molar-refractivity contribution in [2.45, 2.75) is 32.4 Å². The fraction of sp³-hybridized carbons (Fsp3) is 0.500. The normalized spacial score (nSPS) is 21.8. The van der Waals surface area contributed by atoms with Crippen LogP contribution in [-0.4, -0.2) is 29.9 Å². The Hall–Kier alpha value is -1.55. The van der Waals surface area contributed by atoms with Crippen LogP contribution in [-0.2, 0) is 4.79 Å². The molecule has 3 N–H and O–H groups in total. The molecule has 1 aliphatic rings. The number of hydrogen-bond acceptors (Lipinski definition) is 3. The van der Waals surface area contributed by atoms with E-state index in [0.717, 1.165) is 25.2 Å². The number of anilines is 1. The van der Waals surface area contributed by atoms with Gasteiger partial charge in [-0.25, -0.2) is 0 Å². The molecule has 1 fully saturated rings. The number of benzene rings is 1. The van der Waals surface area contributed by atoms with Gasteiger partial charge in [0.1, 0.15) is 0 Å². The molecule has 1 aromatic rings. The van der Waals surface area contributed by atoms with Crippen LogP contribution in [0.4, 0.5) is 5.69 Å². The van der Waals surface area contributed by atoms with Crippen molar-refractivity contribution in [2.75, 3.05) is 18.8 Å². The van der Waals surface area contributed by atoms with E-state index in [2.05, 4.69) is 29.3 Å². The summed E-state index contributed by atoms with van der Waals surface area (Å²) in [6.07, 6.45) is 1.03. The summed E-state index contributed by atoms with van der Waals surface area (Å²) in [5, 5.41) is 2.99. The number of nitrogens with two attached hydrogens (primary N) is 1. The Morgan fingerprint density at radius 3 is 2.72 bits per heavy atom. The predicted octanol–water partition coefficient (Wildman–Crippen LogP) is 1.54. The first kappa shape index (κ1) is 12.9. The Bertz CT molecular complexity index is 416. The zero-order valence-electron chi connectivity index (χ0n) is 11.0. The zero-order chi connectivity index (χ0) is 13.1. The highest BCUT2D eigenvalue weighted by Gasteiger charge is 2.26. The first-order valence-corrected chi connectivity index (χ1v) is 6.43. The summed E-state index contributed by atoms with van der Waals surface area (Å²) < 4.78 is 0. The van der Waals surface area contributed by atoms with E-state index >= 15 is 0 Å². The van der Waals surface area contributed by atoms with Crippen molar-refractivity contribution in [2.24, 2.45) is 0 Å². The minimum Gasteiger partial charge on any atom is -0.399 e. The van der Waals surface area contributed by atoms with Crippen LogP contribution in [0.1, 0.15) is 31.9 Å². The van der Waals surface area contributed by atoms with Crippen LogP contribution >= 0.6 is 0 Å². The largest absolute Gasteiger partial charge is 0.399 e. The summed E-state index contributed by atoms with van der Waals surface area (Å²) >= 11 is 0. The first-order valence-electron chi connectivity index (χ1n) is 6.43. The molecule has 0 bridgehead atoms. The maximum Gasteiger partial charge on any atom is 0.217 e. The van der Waals surface area contributed by atoms with Crippen LogP contribution < -0.4 is 11.1 Å². The van der Waals surface area contributed by atoms with Crippen molar-refractivity contribution in [1.82, 2.24) is 10.2 Å². The lowest BCUT2D eigenvalue weighted by Crippen LogP contribution is -2.36. The Balaban J connectivity index is 1.96. The number of likely N-dealkylation sites (tertiary alicyclic amines) is 1. The minimum atomic E-state index is 0.0574. The maximum absolute atomic E-state index is 11.0. The SMILES string of the molecule is CC(=O)NC1CCN(C(C)c2ccc(N)cc2)C1. The van der Waals surface area contributed by atoms with Gasteiger partial charge >= 0.3 is 0 Å². The number of carbonyl (C=O) groups is 1. The quantitative estimate of drug-likeness (QED) is 0.797. The van der Waals surface area contributed by atoms with Gasteiger partial charge in [0.2, 0.25) is 5.91 Å². The Kier molecular flexibility index (Phi) is 3.87. The summed E-state index contributed by atoms with van der Waals surface area (Å²) in [7, 11) is 0. The molecule has 1 amide bonds. The standard InChI is InChI=1S/C14H21N3O/c1-10(12-3-5-13(15)6-4-12)17-8-7-14(9-17)16-11(2)18/h3-6,10,14H,7-9,15H2,1-2H3,(H,16,18). The van der Waals surface area contributed by atoms with E-state index in [1.165, 1.54) is 5.56 Å². The van der Waals surface area contributed by atoms with E-state index in [0.29, 0.717) is 12.1 Å². The van der Waals surface area contributed by atoms with E-state index in [1.807, 2.05) is 12.1 Å². The van der Waals surface area contributed by atoms with Crippen LogP contribution in [0, 0.1) is 0 Å².